The first-order chi connectivity index (χ1) is 9.54. The Bertz CT molecular complexity index is 348. The van der Waals surface area contributed by atoms with Gasteiger partial charge >= 0.3 is 0 Å². The summed E-state index contributed by atoms with van der Waals surface area (Å²) < 4.78 is 5.64. The van der Waals surface area contributed by atoms with Crippen LogP contribution in [0.1, 0.15) is 79.4 Å². The molecule has 1 aromatic carbocycles. The van der Waals surface area contributed by atoms with E-state index >= 15 is 0 Å². The third-order valence-corrected chi connectivity index (χ3v) is 3.52. The molecule has 0 radical (unpaired) electrons. The zero-order valence-corrected chi connectivity index (χ0v) is 15.3. The molecule has 0 aliphatic carbocycles. The molecule has 0 aromatic heterocycles. The molecule has 0 N–H and O–H groups in total. The number of hydrogen-bond donors (Lipinski definition) is 0. The van der Waals surface area contributed by atoms with E-state index in [4.69, 9.17) is 4.52 Å². The van der Waals surface area contributed by atoms with Gasteiger partial charge in [0, 0.05) is 0 Å². The maximum atomic E-state index is 5.64. The Morgan fingerprint density at radius 2 is 1.73 bits per heavy atom. The summed E-state index contributed by atoms with van der Waals surface area (Å²) in [5.74, 6) is 1.98. The fourth-order valence-electron chi connectivity index (χ4n) is 2.02. The smallest absolute Gasteiger partial charge is 0.126 e. The summed E-state index contributed by atoms with van der Waals surface area (Å²) in [6.45, 7) is 13.1. The standard InChI is InChI=1S/C12H19OP.C6H14.2CH4/c1-4-5-6-11-8-7-10(2)9-12(11)13-14-3;1-4-5-6(2)3;;/h7-9,14H,4-6H2,1-3H3;6H,4-5H2,1-3H3;2*1H4. The Kier molecular flexibility index (Phi) is 20.1. The number of unbranched alkanes of at least 4 members (excludes halogenated alkanes) is 1. The van der Waals surface area contributed by atoms with Gasteiger partial charge in [-0.1, -0.05) is 73.9 Å². The molecule has 0 bridgehead atoms. The molecular formula is C20H41OP. The molecule has 0 fully saturated rings. The van der Waals surface area contributed by atoms with Crippen LogP contribution >= 0.6 is 8.81 Å². The van der Waals surface area contributed by atoms with Crippen molar-refractivity contribution in [2.75, 3.05) is 6.66 Å². The van der Waals surface area contributed by atoms with E-state index in [-0.39, 0.29) is 14.9 Å². The van der Waals surface area contributed by atoms with Crippen LogP contribution in [0, 0.1) is 12.8 Å². The highest BCUT2D eigenvalue weighted by Crippen LogP contribution is 2.26. The second-order valence-corrected chi connectivity index (χ2v) is 6.32. The van der Waals surface area contributed by atoms with Gasteiger partial charge in [0.2, 0.25) is 0 Å². The van der Waals surface area contributed by atoms with Crippen LogP contribution in [0.5, 0.6) is 5.75 Å². The Hall–Kier alpha value is -0.550. The molecule has 1 nitrogen and oxygen atoms in total. The zero-order chi connectivity index (χ0) is 15.4. The third-order valence-electron chi connectivity index (χ3n) is 3.10. The molecule has 132 valence electrons. The molecule has 22 heavy (non-hydrogen) atoms. The van der Waals surface area contributed by atoms with E-state index in [1.165, 1.54) is 36.8 Å². The summed E-state index contributed by atoms with van der Waals surface area (Å²) >= 11 is 0. The predicted octanol–water partition coefficient (Wildman–Crippen LogP) is 7.65. The van der Waals surface area contributed by atoms with Crippen LogP contribution in [-0.2, 0) is 6.42 Å². The average molecular weight is 329 g/mol. The van der Waals surface area contributed by atoms with Crippen molar-refractivity contribution >= 4 is 8.81 Å². The van der Waals surface area contributed by atoms with E-state index in [1.54, 1.807) is 0 Å². The van der Waals surface area contributed by atoms with Crippen LogP contribution in [0.25, 0.3) is 0 Å². The number of benzene rings is 1. The fraction of sp³-hybridized carbons (Fsp3) is 0.700. The first-order valence-electron chi connectivity index (χ1n) is 7.98. The van der Waals surface area contributed by atoms with E-state index < -0.39 is 0 Å². The van der Waals surface area contributed by atoms with E-state index in [1.807, 2.05) is 0 Å². The zero-order valence-electron chi connectivity index (χ0n) is 14.3. The van der Waals surface area contributed by atoms with Gasteiger partial charge in [0.15, 0.2) is 0 Å². The number of rotatable bonds is 7. The second kappa shape index (κ2) is 16.8. The Labute approximate surface area is 143 Å². The van der Waals surface area contributed by atoms with Gasteiger partial charge in [-0.25, -0.2) is 0 Å². The second-order valence-electron chi connectivity index (χ2n) is 5.70. The summed E-state index contributed by atoms with van der Waals surface area (Å²) in [5, 5.41) is 0. The van der Waals surface area contributed by atoms with Crippen LogP contribution in [-0.4, -0.2) is 6.66 Å². The van der Waals surface area contributed by atoms with Gasteiger partial charge in [0.25, 0.3) is 0 Å². The Balaban J connectivity index is -0.000000392. The van der Waals surface area contributed by atoms with Crippen molar-refractivity contribution in [3.05, 3.63) is 29.3 Å². The lowest BCUT2D eigenvalue weighted by Gasteiger charge is -2.10. The quantitative estimate of drug-likeness (QED) is 0.467. The number of aryl methyl sites for hydroxylation is 2. The predicted molar refractivity (Wildman–Crippen MR) is 108 cm³/mol. The highest BCUT2D eigenvalue weighted by Gasteiger charge is 2.02. The number of hydrogen-bond acceptors (Lipinski definition) is 1. The Morgan fingerprint density at radius 3 is 2.14 bits per heavy atom. The van der Waals surface area contributed by atoms with Gasteiger partial charge in [-0.2, -0.15) is 0 Å². The maximum Gasteiger partial charge on any atom is 0.126 e. The molecule has 0 saturated heterocycles. The molecule has 1 aromatic rings. The molecule has 0 aliphatic heterocycles. The van der Waals surface area contributed by atoms with Gasteiger partial charge in [-0.15, -0.1) is 0 Å². The highest BCUT2D eigenvalue weighted by atomic mass is 31.1. The lowest BCUT2D eigenvalue weighted by molar-refractivity contribution is 0.576. The van der Waals surface area contributed by atoms with E-state index in [2.05, 4.69) is 59.5 Å². The Morgan fingerprint density at radius 1 is 1.09 bits per heavy atom. The van der Waals surface area contributed by atoms with Crippen molar-refractivity contribution in [1.29, 1.82) is 0 Å². The lowest BCUT2D eigenvalue weighted by Crippen LogP contribution is -1.90. The molecule has 1 rings (SSSR count). The van der Waals surface area contributed by atoms with Gasteiger partial charge in [-0.3, -0.25) is 0 Å². The molecule has 2 heteroatoms. The topological polar surface area (TPSA) is 9.23 Å². The van der Waals surface area contributed by atoms with Crippen molar-refractivity contribution in [3.8, 4) is 5.75 Å². The first kappa shape index (κ1) is 26.4. The van der Waals surface area contributed by atoms with Crippen molar-refractivity contribution in [1.82, 2.24) is 0 Å². The summed E-state index contributed by atoms with van der Waals surface area (Å²) in [7, 11) is 0.533. The normalized spacial score (nSPS) is 9.77. The minimum Gasteiger partial charge on any atom is -0.477 e. The van der Waals surface area contributed by atoms with Gasteiger partial charge in [0.05, 0.1) is 8.81 Å². The van der Waals surface area contributed by atoms with Crippen molar-refractivity contribution in [2.45, 2.75) is 81.6 Å². The molecule has 1 unspecified atom stereocenters. The van der Waals surface area contributed by atoms with Crippen molar-refractivity contribution in [3.63, 3.8) is 0 Å². The van der Waals surface area contributed by atoms with Gasteiger partial charge < -0.3 is 4.52 Å². The summed E-state index contributed by atoms with van der Waals surface area (Å²) in [5.41, 5.74) is 2.63. The van der Waals surface area contributed by atoms with E-state index in [9.17, 15) is 0 Å². The molecule has 1 atom stereocenters. The average Bonchev–Trinajstić information content (AvgIpc) is 2.39. The van der Waals surface area contributed by atoms with Crippen LogP contribution < -0.4 is 4.52 Å². The molecule has 0 saturated carbocycles. The molecule has 0 heterocycles. The van der Waals surface area contributed by atoms with Crippen LogP contribution in [0.3, 0.4) is 0 Å². The van der Waals surface area contributed by atoms with Crippen molar-refractivity contribution in [2.24, 2.45) is 5.92 Å². The SMILES string of the molecule is C.C.CCCC(C)C.CCCCc1ccc(C)cc1OPC. The van der Waals surface area contributed by atoms with E-state index in [0.717, 1.165) is 18.1 Å². The summed E-state index contributed by atoms with van der Waals surface area (Å²) in [6.07, 6.45) is 6.32. The summed E-state index contributed by atoms with van der Waals surface area (Å²) in [4.78, 5) is 0. The van der Waals surface area contributed by atoms with Gasteiger partial charge in [0.1, 0.15) is 5.75 Å². The monoisotopic (exact) mass is 328 g/mol. The molecule has 0 spiro atoms. The van der Waals surface area contributed by atoms with Gasteiger partial charge in [-0.05, 0) is 49.5 Å². The third kappa shape index (κ3) is 13.1. The van der Waals surface area contributed by atoms with Crippen LogP contribution in [0.4, 0.5) is 0 Å². The lowest BCUT2D eigenvalue weighted by atomic mass is 10.1. The highest BCUT2D eigenvalue weighted by molar-refractivity contribution is 7.31. The van der Waals surface area contributed by atoms with Crippen LogP contribution in [0.2, 0.25) is 0 Å². The largest absolute Gasteiger partial charge is 0.477 e. The molecular weight excluding hydrogens is 287 g/mol. The summed E-state index contributed by atoms with van der Waals surface area (Å²) in [6, 6.07) is 6.50. The van der Waals surface area contributed by atoms with E-state index in [0.29, 0.717) is 8.81 Å². The maximum absolute atomic E-state index is 5.64. The van der Waals surface area contributed by atoms with Crippen molar-refractivity contribution < 1.29 is 4.52 Å². The minimum absolute atomic E-state index is 0. The molecule has 0 amide bonds. The van der Waals surface area contributed by atoms with Crippen LogP contribution in [0.15, 0.2) is 18.2 Å². The first-order valence-corrected chi connectivity index (χ1v) is 9.39. The molecule has 0 aliphatic rings. The minimum atomic E-state index is 0. The fourth-order valence-corrected chi connectivity index (χ4v) is 2.43.